The molecule has 0 aromatic heterocycles. The Kier molecular flexibility index (Phi) is 6.73. The fourth-order valence-corrected chi connectivity index (χ4v) is 2.22. The number of nitrogens with one attached hydrogen (secondary N) is 2. The Hall–Kier alpha value is -1.35. The second kappa shape index (κ2) is 8.05. The van der Waals surface area contributed by atoms with Crippen LogP contribution in [0.15, 0.2) is 24.3 Å². The average Bonchev–Trinajstić information content (AvgIpc) is 2.44. The SMILES string of the molecule is CCC(CC)NC(=O)C(C)N[C@H](C)c1ccc(C)cc1. The summed E-state index contributed by atoms with van der Waals surface area (Å²) in [6, 6.07) is 8.67. The Balaban J connectivity index is 2.54. The van der Waals surface area contributed by atoms with E-state index in [1.54, 1.807) is 0 Å². The molecule has 3 nitrogen and oxygen atoms in total. The second-order valence-electron chi connectivity index (χ2n) is 5.54. The number of amides is 1. The van der Waals surface area contributed by atoms with Gasteiger partial charge in [0.25, 0.3) is 0 Å². The quantitative estimate of drug-likeness (QED) is 0.802. The molecule has 0 heterocycles. The predicted molar refractivity (Wildman–Crippen MR) is 84.7 cm³/mol. The van der Waals surface area contributed by atoms with Crippen LogP contribution in [0, 0.1) is 6.92 Å². The predicted octanol–water partition coefficient (Wildman–Crippen LogP) is 3.34. The van der Waals surface area contributed by atoms with E-state index in [-0.39, 0.29) is 24.0 Å². The molecule has 0 aliphatic carbocycles. The highest BCUT2D eigenvalue weighted by atomic mass is 16.2. The summed E-state index contributed by atoms with van der Waals surface area (Å²) in [6.07, 6.45) is 1.95. The molecule has 20 heavy (non-hydrogen) atoms. The first-order chi connectivity index (χ1) is 9.47. The number of hydrogen-bond donors (Lipinski definition) is 2. The summed E-state index contributed by atoms with van der Waals surface area (Å²) < 4.78 is 0. The first-order valence-electron chi connectivity index (χ1n) is 7.60. The molecule has 0 aliphatic rings. The zero-order chi connectivity index (χ0) is 15.1. The van der Waals surface area contributed by atoms with Crippen LogP contribution in [-0.4, -0.2) is 18.0 Å². The lowest BCUT2D eigenvalue weighted by Crippen LogP contribution is -2.46. The van der Waals surface area contributed by atoms with Crippen molar-refractivity contribution in [3.8, 4) is 0 Å². The van der Waals surface area contributed by atoms with Gasteiger partial charge in [0, 0.05) is 12.1 Å². The summed E-state index contributed by atoms with van der Waals surface area (Å²) in [7, 11) is 0. The van der Waals surface area contributed by atoms with Crippen molar-refractivity contribution >= 4 is 5.91 Å². The van der Waals surface area contributed by atoms with Gasteiger partial charge in [-0.2, -0.15) is 0 Å². The monoisotopic (exact) mass is 276 g/mol. The topological polar surface area (TPSA) is 41.1 Å². The normalized spacial score (nSPS) is 14.1. The highest BCUT2D eigenvalue weighted by Gasteiger charge is 2.18. The zero-order valence-electron chi connectivity index (χ0n) is 13.4. The molecule has 2 atom stereocenters. The first-order valence-corrected chi connectivity index (χ1v) is 7.60. The van der Waals surface area contributed by atoms with E-state index in [2.05, 4.69) is 62.6 Å². The van der Waals surface area contributed by atoms with Crippen LogP contribution in [0.3, 0.4) is 0 Å². The highest BCUT2D eigenvalue weighted by molar-refractivity contribution is 5.81. The molecule has 1 amide bonds. The van der Waals surface area contributed by atoms with Gasteiger partial charge in [-0.15, -0.1) is 0 Å². The Bertz CT molecular complexity index is 410. The van der Waals surface area contributed by atoms with Crippen LogP contribution in [-0.2, 0) is 4.79 Å². The third kappa shape index (κ3) is 4.97. The molecule has 2 N–H and O–H groups in total. The maximum atomic E-state index is 12.1. The van der Waals surface area contributed by atoms with Gasteiger partial charge in [0.05, 0.1) is 6.04 Å². The van der Waals surface area contributed by atoms with Crippen LogP contribution < -0.4 is 10.6 Å². The van der Waals surface area contributed by atoms with Crippen LogP contribution in [0.25, 0.3) is 0 Å². The molecule has 1 rings (SSSR count). The molecular formula is C17H28N2O. The average molecular weight is 276 g/mol. The largest absolute Gasteiger partial charge is 0.352 e. The van der Waals surface area contributed by atoms with Crippen LogP contribution in [0.2, 0.25) is 0 Å². The van der Waals surface area contributed by atoms with Crippen LogP contribution in [0.1, 0.15) is 57.7 Å². The maximum Gasteiger partial charge on any atom is 0.237 e. The number of aryl methyl sites for hydroxylation is 1. The lowest BCUT2D eigenvalue weighted by atomic mass is 10.1. The second-order valence-corrected chi connectivity index (χ2v) is 5.54. The Morgan fingerprint density at radius 2 is 1.65 bits per heavy atom. The standard InChI is InChI=1S/C17H28N2O/c1-6-16(7-2)19-17(20)14(5)18-13(4)15-10-8-12(3)9-11-15/h8-11,13-14,16,18H,6-7H2,1-5H3,(H,19,20)/t13-,14?/m1/s1. The summed E-state index contributed by atoms with van der Waals surface area (Å²) in [4.78, 5) is 12.1. The smallest absolute Gasteiger partial charge is 0.237 e. The van der Waals surface area contributed by atoms with Crippen molar-refractivity contribution in [1.29, 1.82) is 0 Å². The molecule has 0 saturated carbocycles. The minimum Gasteiger partial charge on any atom is -0.352 e. The third-order valence-electron chi connectivity index (χ3n) is 3.80. The van der Waals surface area contributed by atoms with E-state index < -0.39 is 0 Å². The van der Waals surface area contributed by atoms with E-state index >= 15 is 0 Å². The van der Waals surface area contributed by atoms with E-state index in [1.807, 2.05) is 6.92 Å². The van der Waals surface area contributed by atoms with Gasteiger partial charge in [-0.3, -0.25) is 10.1 Å². The van der Waals surface area contributed by atoms with Gasteiger partial charge in [-0.05, 0) is 39.2 Å². The molecule has 1 unspecified atom stereocenters. The highest BCUT2D eigenvalue weighted by Crippen LogP contribution is 2.13. The van der Waals surface area contributed by atoms with Gasteiger partial charge >= 0.3 is 0 Å². The minimum atomic E-state index is -0.188. The number of benzene rings is 1. The maximum absolute atomic E-state index is 12.1. The number of carbonyl (C=O) groups is 1. The Morgan fingerprint density at radius 1 is 1.10 bits per heavy atom. The van der Waals surface area contributed by atoms with E-state index in [1.165, 1.54) is 11.1 Å². The Labute approximate surface area is 123 Å². The van der Waals surface area contributed by atoms with Crippen molar-refractivity contribution < 1.29 is 4.79 Å². The zero-order valence-corrected chi connectivity index (χ0v) is 13.4. The molecule has 0 bridgehead atoms. The van der Waals surface area contributed by atoms with Gasteiger partial charge < -0.3 is 5.32 Å². The van der Waals surface area contributed by atoms with Crippen molar-refractivity contribution in [3.63, 3.8) is 0 Å². The van der Waals surface area contributed by atoms with Crippen LogP contribution >= 0.6 is 0 Å². The summed E-state index contributed by atoms with van der Waals surface area (Å²) in [5.74, 6) is 0.0812. The van der Waals surface area contributed by atoms with E-state index in [9.17, 15) is 4.79 Å². The summed E-state index contributed by atoms with van der Waals surface area (Å²) in [5.41, 5.74) is 2.46. The van der Waals surface area contributed by atoms with Gasteiger partial charge in [0.2, 0.25) is 5.91 Å². The van der Waals surface area contributed by atoms with Gasteiger partial charge in [-0.1, -0.05) is 43.7 Å². The van der Waals surface area contributed by atoms with Gasteiger partial charge in [0.15, 0.2) is 0 Å². The Morgan fingerprint density at radius 3 is 2.15 bits per heavy atom. The van der Waals surface area contributed by atoms with Crippen molar-refractivity contribution in [2.45, 2.75) is 65.6 Å². The number of carbonyl (C=O) groups excluding carboxylic acids is 1. The molecule has 0 radical (unpaired) electrons. The fraction of sp³-hybridized carbons (Fsp3) is 0.588. The molecule has 0 aliphatic heterocycles. The van der Waals surface area contributed by atoms with Crippen molar-refractivity contribution in [2.75, 3.05) is 0 Å². The summed E-state index contributed by atoms with van der Waals surface area (Å²) in [6.45, 7) is 10.3. The van der Waals surface area contributed by atoms with Gasteiger partial charge in [0.1, 0.15) is 0 Å². The van der Waals surface area contributed by atoms with Crippen molar-refractivity contribution in [1.82, 2.24) is 10.6 Å². The molecular weight excluding hydrogens is 248 g/mol. The molecule has 0 fully saturated rings. The van der Waals surface area contributed by atoms with Crippen LogP contribution in [0.5, 0.6) is 0 Å². The van der Waals surface area contributed by atoms with Crippen LogP contribution in [0.4, 0.5) is 0 Å². The van der Waals surface area contributed by atoms with Crippen molar-refractivity contribution in [2.24, 2.45) is 0 Å². The fourth-order valence-electron chi connectivity index (χ4n) is 2.22. The molecule has 3 heteroatoms. The van der Waals surface area contributed by atoms with Gasteiger partial charge in [-0.25, -0.2) is 0 Å². The molecule has 1 aromatic carbocycles. The minimum absolute atomic E-state index is 0.0812. The summed E-state index contributed by atoms with van der Waals surface area (Å²) >= 11 is 0. The van der Waals surface area contributed by atoms with E-state index in [4.69, 9.17) is 0 Å². The van der Waals surface area contributed by atoms with Crippen molar-refractivity contribution in [3.05, 3.63) is 35.4 Å². The lowest BCUT2D eigenvalue weighted by molar-refractivity contribution is -0.123. The van der Waals surface area contributed by atoms with E-state index in [0.717, 1.165) is 12.8 Å². The molecule has 0 saturated heterocycles. The van der Waals surface area contributed by atoms with E-state index in [0.29, 0.717) is 0 Å². The third-order valence-corrected chi connectivity index (χ3v) is 3.80. The molecule has 112 valence electrons. The molecule has 0 spiro atoms. The lowest BCUT2D eigenvalue weighted by Gasteiger charge is -2.22. The number of hydrogen-bond acceptors (Lipinski definition) is 2. The molecule has 1 aromatic rings. The first kappa shape index (κ1) is 16.7. The number of rotatable bonds is 7. The summed E-state index contributed by atoms with van der Waals surface area (Å²) in [5, 5.41) is 6.44.